The monoisotopic (exact) mass is 318 g/mol. The summed E-state index contributed by atoms with van der Waals surface area (Å²) in [5.74, 6) is 0. The van der Waals surface area contributed by atoms with Crippen molar-refractivity contribution in [3.63, 3.8) is 0 Å². The molecule has 1 heterocycles. The standard InChI is InChI=1S/C16H15ClN2OS/c1-2-18-10-11-7-8-12(9-13(11)17)21-16-19-14-5-3-4-6-15(14)20-16/h3-9,18H,2,10H2,1H3. The lowest BCUT2D eigenvalue weighted by molar-refractivity contribution is 0.489. The maximum absolute atomic E-state index is 6.31. The fourth-order valence-electron chi connectivity index (χ4n) is 1.99. The average Bonchev–Trinajstić information content (AvgIpc) is 2.88. The van der Waals surface area contributed by atoms with Gasteiger partial charge in [-0.25, -0.2) is 4.98 Å². The van der Waals surface area contributed by atoms with Crippen LogP contribution >= 0.6 is 23.4 Å². The smallest absolute Gasteiger partial charge is 0.261 e. The second-order valence-electron chi connectivity index (χ2n) is 4.58. The number of hydrogen-bond donors (Lipinski definition) is 1. The number of fused-ring (bicyclic) bond motifs is 1. The second-order valence-corrected chi connectivity index (χ2v) is 6.02. The van der Waals surface area contributed by atoms with Crippen LogP contribution in [-0.4, -0.2) is 11.5 Å². The third-order valence-electron chi connectivity index (χ3n) is 3.07. The molecule has 0 aliphatic carbocycles. The SMILES string of the molecule is CCNCc1ccc(Sc2nc3ccccc3o2)cc1Cl. The molecule has 0 amide bonds. The Kier molecular flexibility index (Phi) is 4.48. The van der Waals surface area contributed by atoms with E-state index in [4.69, 9.17) is 16.0 Å². The fourth-order valence-corrected chi connectivity index (χ4v) is 3.09. The number of halogens is 1. The van der Waals surface area contributed by atoms with E-state index in [2.05, 4.69) is 17.2 Å². The van der Waals surface area contributed by atoms with Crippen LogP contribution in [0.15, 0.2) is 57.0 Å². The highest BCUT2D eigenvalue weighted by Gasteiger charge is 2.08. The van der Waals surface area contributed by atoms with Gasteiger partial charge in [0.05, 0.1) is 0 Å². The van der Waals surface area contributed by atoms with E-state index in [1.165, 1.54) is 11.8 Å². The van der Waals surface area contributed by atoms with Gasteiger partial charge in [0.2, 0.25) is 0 Å². The number of nitrogens with one attached hydrogen (secondary N) is 1. The summed E-state index contributed by atoms with van der Waals surface area (Å²) in [6, 6.07) is 13.8. The number of nitrogens with zero attached hydrogens (tertiary/aromatic N) is 1. The van der Waals surface area contributed by atoms with Gasteiger partial charge in [-0.3, -0.25) is 0 Å². The summed E-state index contributed by atoms with van der Waals surface area (Å²) >= 11 is 7.78. The van der Waals surface area contributed by atoms with Gasteiger partial charge in [-0.2, -0.15) is 0 Å². The number of benzene rings is 2. The molecule has 3 aromatic rings. The number of oxazole rings is 1. The van der Waals surface area contributed by atoms with Gasteiger partial charge in [0.1, 0.15) is 5.52 Å². The molecule has 0 saturated carbocycles. The molecule has 0 radical (unpaired) electrons. The Bertz CT molecular complexity index is 724. The van der Waals surface area contributed by atoms with Crippen molar-refractivity contribution in [3.8, 4) is 0 Å². The van der Waals surface area contributed by atoms with E-state index < -0.39 is 0 Å². The van der Waals surface area contributed by atoms with Crippen LogP contribution in [0.25, 0.3) is 11.1 Å². The molecule has 0 bridgehead atoms. The summed E-state index contributed by atoms with van der Waals surface area (Å²) in [6.45, 7) is 3.78. The number of hydrogen-bond acceptors (Lipinski definition) is 4. The zero-order valence-electron chi connectivity index (χ0n) is 11.6. The summed E-state index contributed by atoms with van der Waals surface area (Å²) < 4.78 is 5.70. The molecule has 0 fully saturated rings. The summed E-state index contributed by atoms with van der Waals surface area (Å²) in [4.78, 5) is 5.47. The first kappa shape index (κ1) is 14.4. The summed E-state index contributed by atoms with van der Waals surface area (Å²) in [6.07, 6.45) is 0. The molecule has 0 aliphatic rings. The predicted molar refractivity (Wildman–Crippen MR) is 87.0 cm³/mol. The average molecular weight is 319 g/mol. The van der Waals surface area contributed by atoms with E-state index >= 15 is 0 Å². The van der Waals surface area contributed by atoms with Gasteiger partial charge in [0.15, 0.2) is 5.58 Å². The number of aromatic nitrogens is 1. The van der Waals surface area contributed by atoms with Crippen LogP contribution in [0.4, 0.5) is 0 Å². The second kappa shape index (κ2) is 6.52. The molecule has 5 heteroatoms. The molecule has 0 spiro atoms. The highest BCUT2D eigenvalue weighted by molar-refractivity contribution is 7.99. The summed E-state index contributed by atoms with van der Waals surface area (Å²) in [5.41, 5.74) is 2.77. The minimum atomic E-state index is 0.631. The number of rotatable bonds is 5. The third kappa shape index (κ3) is 3.40. The molecule has 0 saturated heterocycles. The van der Waals surface area contributed by atoms with E-state index in [1.54, 1.807) is 0 Å². The largest absolute Gasteiger partial charge is 0.431 e. The van der Waals surface area contributed by atoms with Gasteiger partial charge < -0.3 is 9.73 Å². The van der Waals surface area contributed by atoms with Crippen molar-refractivity contribution in [1.82, 2.24) is 10.3 Å². The zero-order valence-corrected chi connectivity index (χ0v) is 13.2. The molecule has 2 aromatic carbocycles. The molecule has 0 aliphatic heterocycles. The molecule has 1 N–H and O–H groups in total. The van der Waals surface area contributed by atoms with Crippen molar-refractivity contribution in [3.05, 3.63) is 53.1 Å². The van der Waals surface area contributed by atoms with Gasteiger partial charge in [0.25, 0.3) is 5.22 Å². The minimum absolute atomic E-state index is 0.631. The van der Waals surface area contributed by atoms with Crippen molar-refractivity contribution in [2.24, 2.45) is 0 Å². The molecule has 0 unspecified atom stereocenters. The number of para-hydroxylation sites is 2. The highest BCUT2D eigenvalue weighted by atomic mass is 35.5. The van der Waals surface area contributed by atoms with Crippen LogP contribution in [0.3, 0.4) is 0 Å². The Labute approximate surface area is 132 Å². The normalized spacial score (nSPS) is 11.1. The van der Waals surface area contributed by atoms with Gasteiger partial charge in [-0.1, -0.05) is 36.7 Å². The van der Waals surface area contributed by atoms with Crippen LogP contribution in [0.5, 0.6) is 0 Å². The Morgan fingerprint density at radius 2 is 2.10 bits per heavy atom. The Morgan fingerprint density at radius 1 is 1.24 bits per heavy atom. The van der Waals surface area contributed by atoms with Crippen molar-refractivity contribution < 1.29 is 4.42 Å². The topological polar surface area (TPSA) is 38.1 Å². The van der Waals surface area contributed by atoms with E-state index in [9.17, 15) is 0 Å². The molecule has 3 nitrogen and oxygen atoms in total. The minimum Gasteiger partial charge on any atom is -0.431 e. The third-order valence-corrected chi connectivity index (χ3v) is 4.26. The summed E-state index contributed by atoms with van der Waals surface area (Å²) in [5, 5.41) is 4.66. The lowest BCUT2D eigenvalue weighted by Gasteiger charge is -2.06. The highest BCUT2D eigenvalue weighted by Crippen LogP contribution is 2.32. The molecular weight excluding hydrogens is 304 g/mol. The van der Waals surface area contributed by atoms with Gasteiger partial charge >= 0.3 is 0 Å². The molecule has 21 heavy (non-hydrogen) atoms. The van der Waals surface area contributed by atoms with E-state index in [0.29, 0.717) is 5.22 Å². The molecule has 108 valence electrons. The van der Waals surface area contributed by atoms with E-state index in [-0.39, 0.29) is 0 Å². The Morgan fingerprint density at radius 3 is 2.86 bits per heavy atom. The predicted octanol–water partition coefficient (Wildman–Crippen LogP) is 4.74. The first-order valence-corrected chi connectivity index (χ1v) is 7.98. The van der Waals surface area contributed by atoms with Gasteiger partial charge in [-0.05, 0) is 48.1 Å². The quantitative estimate of drug-likeness (QED) is 0.737. The van der Waals surface area contributed by atoms with Crippen LogP contribution < -0.4 is 5.32 Å². The summed E-state index contributed by atoms with van der Waals surface area (Å²) in [7, 11) is 0. The lowest BCUT2D eigenvalue weighted by atomic mass is 10.2. The first-order valence-electron chi connectivity index (χ1n) is 6.79. The van der Waals surface area contributed by atoms with Crippen LogP contribution in [0.1, 0.15) is 12.5 Å². The maximum atomic E-state index is 6.31. The lowest BCUT2D eigenvalue weighted by Crippen LogP contribution is -2.11. The molecular formula is C16H15ClN2OS. The Hall–Kier alpha value is -1.49. The van der Waals surface area contributed by atoms with Crippen LogP contribution in [0.2, 0.25) is 5.02 Å². The van der Waals surface area contributed by atoms with Crippen molar-refractivity contribution >= 4 is 34.5 Å². The van der Waals surface area contributed by atoms with Crippen molar-refractivity contribution in [1.29, 1.82) is 0 Å². The van der Waals surface area contributed by atoms with Crippen LogP contribution in [-0.2, 0) is 6.54 Å². The first-order chi connectivity index (χ1) is 10.3. The van der Waals surface area contributed by atoms with Gasteiger partial charge in [0, 0.05) is 16.5 Å². The van der Waals surface area contributed by atoms with Crippen molar-refractivity contribution in [2.45, 2.75) is 23.6 Å². The van der Waals surface area contributed by atoms with E-state index in [1.807, 2.05) is 42.5 Å². The van der Waals surface area contributed by atoms with E-state index in [0.717, 1.165) is 39.7 Å². The molecule has 1 aromatic heterocycles. The molecule has 3 rings (SSSR count). The Balaban J connectivity index is 1.79. The fraction of sp³-hybridized carbons (Fsp3) is 0.188. The molecule has 0 atom stereocenters. The zero-order chi connectivity index (χ0) is 14.7. The van der Waals surface area contributed by atoms with Crippen molar-refractivity contribution in [2.75, 3.05) is 6.54 Å². The van der Waals surface area contributed by atoms with Crippen LogP contribution in [0, 0.1) is 0 Å². The maximum Gasteiger partial charge on any atom is 0.261 e. The van der Waals surface area contributed by atoms with Gasteiger partial charge in [-0.15, -0.1) is 0 Å².